The molecule has 7 heteroatoms. The quantitative estimate of drug-likeness (QED) is 0.786. The molecule has 3 rings (SSSR count). The fourth-order valence-corrected chi connectivity index (χ4v) is 3.86. The number of hydrogen-bond donors (Lipinski definition) is 3. The molecule has 6 nitrogen and oxygen atoms in total. The van der Waals surface area contributed by atoms with Crippen molar-refractivity contribution >= 4 is 11.3 Å². The number of nitrogens with one attached hydrogen (secondary N) is 2. The fraction of sp³-hybridized carbons (Fsp3) is 0.600. The predicted molar refractivity (Wildman–Crippen MR) is 85.8 cm³/mol. The number of H-pyrrole nitrogens is 2. The summed E-state index contributed by atoms with van der Waals surface area (Å²) in [5, 5.41) is 18.9. The summed E-state index contributed by atoms with van der Waals surface area (Å²) in [5.74, 6) is 0.669. The topological polar surface area (TPSA) is 85.0 Å². The van der Waals surface area contributed by atoms with Crippen molar-refractivity contribution in [2.24, 2.45) is 0 Å². The molecule has 2 aromatic rings. The molecule has 2 atom stereocenters. The van der Waals surface area contributed by atoms with Crippen LogP contribution in [0.25, 0.3) is 0 Å². The number of aliphatic hydroxyl groups excluding tert-OH is 1. The Labute approximate surface area is 133 Å². The van der Waals surface area contributed by atoms with Crippen LogP contribution in [0.2, 0.25) is 0 Å². The van der Waals surface area contributed by atoms with Crippen molar-refractivity contribution in [3.05, 3.63) is 38.7 Å². The van der Waals surface area contributed by atoms with Gasteiger partial charge in [-0.15, -0.1) is 11.3 Å². The molecule has 0 radical (unpaired) electrons. The summed E-state index contributed by atoms with van der Waals surface area (Å²) < 4.78 is 0. The molecule has 3 heterocycles. The van der Waals surface area contributed by atoms with Crippen LogP contribution in [-0.4, -0.2) is 37.8 Å². The highest BCUT2D eigenvalue weighted by Crippen LogP contribution is 2.29. The number of likely N-dealkylation sites (tertiary alicyclic amines) is 1. The molecule has 2 aromatic heterocycles. The summed E-state index contributed by atoms with van der Waals surface area (Å²) in [5.41, 5.74) is -0.264. The van der Waals surface area contributed by atoms with E-state index in [0.717, 1.165) is 30.7 Å². The Hall–Kier alpha value is -1.44. The second kappa shape index (κ2) is 7.21. The zero-order valence-corrected chi connectivity index (χ0v) is 13.3. The highest BCUT2D eigenvalue weighted by atomic mass is 32.1. The first kappa shape index (κ1) is 15.5. The second-order valence-electron chi connectivity index (χ2n) is 5.86. The van der Waals surface area contributed by atoms with E-state index in [1.54, 1.807) is 11.3 Å². The van der Waals surface area contributed by atoms with E-state index in [1.165, 1.54) is 12.8 Å². The van der Waals surface area contributed by atoms with Crippen LogP contribution in [0.1, 0.15) is 48.9 Å². The van der Waals surface area contributed by atoms with Gasteiger partial charge in [-0.2, -0.15) is 5.10 Å². The number of aromatic nitrogens is 3. The molecule has 1 fully saturated rings. The minimum Gasteiger partial charge on any atom is -0.388 e. The van der Waals surface area contributed by atoms with Gasteiger partial charge in [0.2, 0.25) is 0 Å². The SMILES string of the molecule is O=c1[nH]nc(CN2CCCCCC2CC(O)c2cccs2)[nH]1. The third-order valence-corrected chi connectivity index (χ3v) is 5.24. The van der Waals surface area contributed by atoms with Crippen LogP contribution in [0.4, 0.5) is 0 Å². The number of nitrogens with zero attached hydrogens (tertiary/aromatic N) is 2. The molecular weight excluding hydrogens is 300 g/mol. The number of thiophene rings is 1. The highest BCUT2D eigenvalue weighted by Gasteiger charge is 2.25. The third kappa shape index (κ3) is 3.85. The van der Waals surface area contributed by atoms with Gasteiger partial charge < -0.3 is 5.11 Å². The lowest BCUT2D eigenvalue weighted by Crippen LogP contribution is -2.36. The smallest absolute Gasteiger partial charge is 0.340 e. The summed E-state index contributed by atoms with van der Waals surface area (Å²) >= 11 is 1.60. The van der Waals surface area contributed by atoms with Crippen LogP contribution in [-0.2, 0) is 6.54 Å². The summed E-state index contributed by atoms with van der Waals surface area (Å²) in [4.78, 5) is 17.3. The van der Waals surface area contributed by atoms with E-state index in [2.05, 4.69) is 20.1 Å². The van der Waals surface area contributed by atoms with E-state index in [1.807, 2.05) is 17.5 Å². The average Bonchev–Trinajstić information content (AvgIpc) is 3.12. The average molecular weight is 322 g/mol. The van der Waals surface area contributed by atoms with Gasteiger partial charge in [0.1, 0.15) is 5.82 Å². The van der Waals surface area contributed by atoms with Crippen molar-refractivity contribution in [2.45, 2.75) is 50.8 Å². The van der Waals surface area contributed by atoms with Crippen LogP contribution >= 0.6 is 11.3 Å². The van der Waals surface area contributed by atoms with E-state index < -0.39 is 6.10 Å². The Bertz CT molecular complexity index is 622. The fourth-order valence-electron chi connectivity index (χ4n) is 3.14. The van der Waals surface area contributed by atoms with E-state index in [0.29, 0.717) is 18.4 Å². The number of hydrogen-bond acceptors (Lipinski definition) is 5. The lowest BCUT2D eigenvalue weighted by atomic mass is 10.0. The Kier molecular flexibility index (Phi) is 5.07. The van der Waals surface area contributed by atoms with Crippen LogP contribution in [0.15, 0.2) is 22.3 Å². The maximum atomic E-state index is 11.2. The Morgan fingerprint density at radius 3 is 3.09 bits per heavy atom. The molecule has 1 aliphatic rings. The number of aliphatic hydroxyl groups is 1. The van der Waals surface area contributed by atoms with Crippen molar-refractivity contribution < 1.29 is 5.11 Å². The number of aromatic amines is 2. The van der Waals surface area contributed by atoms with Crippen molar-refractivity contribution in [2.75, 3.05) is 6.54 Å². The molecule has 0 aliphatic carbocycles. The van der Waals surface area contributed by atoms with Gasteiger partial charge in [-0.1, -0.05) is 18.9 Å². The van der Waals surface area contributed by atoms with E-state index in [9.17, 15) is 9.90 Å². The van der Waals surface area contributed by atoms with Crippen molar-refractivity contribution in [1.29, 1.82) is 0 Å². The molecule has 0 aromatic carbocycles. The molecule has 120 valence electrons. The number of rotatable bonds is 5. The first-order valence-electron chi connectivity index (χ1n) is 7.81. The molecule has 0 spiro atoms. The molecule has 0 bridgehead atoms. The van der Waals surface area contributed by atoms with Gasteiger partial charge >= 0.3 is 5.69 Å². The van der Waals surface area contributed by atoms with Crippen LogP contribution in [0, 0.1) is 0 Å². The molecule has 2 unspecified atom stereocenters. The van der Waals surface area contributed by atoms with Gasteiger partial charge in [-0.3, -0.25) is 9.88 Å². The molecule has 1 saturated heterocycles. The van der Waals surface area contributed by atoms with Crippen molar-refractivity contribution in [1.82, 2.24) is 20.1 Å². The first-order valence-corrected chi connectivity index (χ1v) is 8.69. The maximum Gasteiger partial charge on any atom is 0.340 e. The summed E-state index contributed by atoms with van der Waals surface area (Å²) in [6.07, 6.45) is 4.96. The van der Waals surface area contributed by atoms with E-state index in [-0.39, 0.29) is 5.69 Å². The standard InChI is InChI=1S/C15H22N4O2S/c20-12(13-6-4-8-22-13)9-11-5-2-1-3-7-19(11)10-14-16-15(21)18-17-14/h4,6,8,11-12,20H,1-3,5,7,9-10H2,(H2,16,17,18,21). The molecule has 1 aliphatic heterocycles. The summed E-state index contributed by atoms with van der Waals surface area (Å²) in [6, 6.07) is 4.28. The normalized spacial score (nSPS) is 21.6. The lowest BCUT2D eigenvalue weighted by Gasteiger charge is -2.30. The van der Waals surface area contributed by atoms with Gasteiger partial charge in [-0.05, 0) is 37.3 Å². The lowest BCUT2D eigenvalue weighted by molar-refractivity contribution is 0.0981. The Balaban J connectivity index is 1.68. The first-order chi connectivity index (χ1) is 10.7. The van der Waals surface area contributed by atoms with Crippen molar-refractivity contribution in [3.8, 4) is 0 Å². The molecule has 3 N–H and O–H groups in total. The van der Waals surface area contributed by atoms with Crippen LogP contribution < -0.4 is 5.69 Å². The molecule has 0 saturated carbocycles. The monoisotopic (exact) mass is 322 g/mol. The Morgan fingerprint density at radius 2 is 2.36 bits per heavy atom. The van der Waals surface area contributed by atoms with Gasteiger partial charge in [-0.25, -0.2) is 9.89 Å². The zero-order chi connectivity index (χ0) is 15.4. The summed E-state index contributed by atoms with van der Waals surface area (Å²) in [6.45, 7) is 1.61. The van der Waals surface area contributed by atoms with Gasteiger partial charge in [0.25, 0.3) is 0 Å². The van der Waals surface area contributed by atoms with Gasteiger partial charge in [0, 0.05) is 10.9 Å². The molecular formula is C15H22N4O2S. The molecule has 0 amide bonds. The van der Waals surface area contributed by atoms with Crippen LogP contribution in [0.5, 0.6) is 0 Å². The highest BCUT2D eigenvalue weighted by molar-refractivity contribution is 7.10. The van der Waals surface area contributed by atoms with Crippen molar-refractivity contribution in [3.63, 3.8) is 0 Å². The molecule has 22 heavy (non-hydrogen) atoms. The Morgan fingerprint density at radius 1 is 1.45 bits per heavy atom. The van der Waals surface area contributed by atoms with Gasteiger partial charge in [0.05, 0.1) is 12.6 Å². The third-order valence-electron chi connectivity index (χ3n) is 4.27. The second-order valence-corrected chi connectivity index (χ2v) is 6.84. The largest absolute Gasteiger partial charge is 0.388 e. The predicted octanol–water partition coefficient (Wildman–Crippen LogP) is 2.03. The maximum absolute atomic E-state index is 11.2. The van der Waals surface area contributed by atoms with E-state index in [4.69, 9.17) is 0 Å². The zero-order valence-electron chi connectivity index (χ0n) is 12.5. The van der Waals surface area contributed by atoms with E-state index >= 15 is 0 Å². The minimum atomic E-state index is -0.413. The minimum absolute atomic E-state index is 0.264. The van der Waals surface area contributed by atoms with Crippen LogP contribution in [0.3, 0.4) is 0 Å². The summed E-state index contributed by atoms with van der Waals surface area (Å²) in [7, 11) is 0. The van der Waals surface area contributed by atoms with Gasteiger partial charge in [0.15, 0.2) is 0 Å².